The summed E-state index contributed by atoms with van der Waals surface area (Å²) in [6.45, 7) is 4.78. The molecule has 0 aromatic carbocycles. The number of carbonyl (C=O) groups excluding carboxylic acids is 1. The number of amides is 1. The molecule has 0 atom stereocenters. The van der Waals surface area contributed by atoms with Crippen LogP contribution in [0.4, 0.5) is 13.2 Å². The average molecular weight is 253 g/mol. The Morgan fingerprint density at radius 2 is 2.12 bits per heavy atom. The molecule has 1 rings (SSSR count). The van der Waals surface area contributed by atoms with Gasteiger partial charge in [-0.2, -0.15) is 13.2 Å². The van der Waals surface area contributed by atoms with Gasteiger partial charge in [-0.3, -0.25) is 9.69 Å². The van der Waals surface area contributed by atoms with Crippen LogP contribution in [0.2, 0.25) is 0 Å². The van der Waals surface area contributed by atoms with Crippen LogP contribution < -0.4 is 10.6 Å². The number of alkyl halides is 3. The average Bonchev–Trinajstić information content (AvgIpc) is 2.17. The molecule has 0 aliphatic carbocycles. The van der Waals surface area contributed by atoms with Crippen molar-refractivity contribution in [3.8, 4) is 0 Å². The van der Waals surface area contributed by atoms with Gasteiger partial charge in [0.05, 0.1) is 6.54 Å². The van der Waals surface area contributed by atoms with Crippen LogP contribution in [0.25, 0.3) is 0 Å². The second-order valence-electron chi connectivity index (χ2n) is 4.80. The zero-order valence-electron chi connectivity index (χ0n) is 10.0. The van der Waals surface area contributed by atoms with Crippen LogP contribution in [-0.4, -0.2) is 55.2 Å². The summed E-state index contributed by atoms with van der Waals surface area (Å²) in [5.41, 5.74) is -0.214. The molecule has 1 amide bonds. The van der Waals surface area contributed by atoms with E-state index in [2.05, 4.69) is 5.32 Å². The Bertz CT molecular complexity index is 278. The third-order valence-electron chi connectivity index (χ3n) is 2.79. The minimum absolute atomic E-state index is 0.00472. The van der Waals surface area contributed by atoms with Crippen molar-refractivity contribution in [2.24, 2.45) is 0 Å². The Kier molecular flexibility index (Phi) is 4.37. The third kappa shape index (κ3) is 4.91. The molecule has 0 unspecified atom stereocenters. The number of hydrogen-bond donors (Lipinski definition) is 2. The Hall–Kier alpha value is -0.820. The molecule has 1 saturated heterocycles. The molecule has 0 radical (unpaired) electrons. The standard InChI is InChI=1S/C10H18F3N3O/c1-9(2)6-14-3-4-16(9)5-8(17)15-7-10(11,12)13/h14H,3-7H2,1-2H3,(H,15,17). The smallest absolute Gasteiger partial charge is 0.346 e. The molecule has 0 bridgehead atoms. The lowest BCUT2D eigenvalue weighted by Gasteiger charge is -2.42. The lowest BCUT2D eigenvalue weighted by Crippen LogP contribution is -2.60. The van der Waals surface area contributed by atoms with Gasteiger partial charge in [0.1, 0.15) is 6.54 Å². The van der Waals surface area contributed by atoms with E-state index in [4.69, 9.17) is 0 Å². The predicted molar refractivity (Wildman–Crippen MR) is 57.6 cm³/mol. The maximum absolute atomic E-state index is 11.9. The minimum Gasteiger partial charge on any atom is -0.346 e. The molecule has 1 aliphatic heterocycles. The van der Waals surface area contributed by atoms with E-state index < -0.39 is 18.6 Å². The molecule has 1 heterocycles. The normalized spacial score (nSPS) is 21.2. The molecule has 0 spiro atoms. The molecule has 1 aliphatic rings. The van der Waals surface area contributed by atoms with Gasteiger partial charge in [0.25, 0.3) is 0 Å². The number of nitrogens with one attached hydrogen (secondary N) is 2. The molecule has 100 valence electrons. The van der Waals surface area contributed by atoms with Gasteiger partial charge in [-0.05, 0) is 13.8 Å². The molecule has 2 N–H and O–H groups in total. The van der Waals surface area contributed by atoms with E-state index in [1.54, 1.807) is 0 Å². The van der Waals surface area contributed by atoms with E-state index in [1.165, 1.54) is 0 Å². The fourth-order valence-electron chi connectivity index (χ4n) is 1.74. The number of nitrogens with zero attached hydrogens (tertiary/aromatic N) is 1. The van der Waals surface area contributed by atoms with Crippen molar-refractivity contribution in [2.75, 3.05) is 32.7 Å². The van der Waals surface area contributed by atoms with Crippen LogP contribution in [0.3, 0.4) is 0 Å². The Morgan fingerprint density at radius 1 is 1.47 bits per heavy atom. The van der Waals surface area contributed by atoms with Crippen molar-refractivity contribution in [1.82, 2.24) is 15.5 Å². The van der Waals surface area contributed by atoms with Gasteiger partial charge in [0.2, 0.25) is 5.91 Å². The molecular weight excluding hydrogens is 235 g/mol. The van der Waals surface area contributed by atoms with Crippen molar-refractivity contribution in [3.05, 3.63) is 0 Å². The number of carbonyl (C=O) groups is 1. The summed E-state index contributed by atoms with van der Waals surface area (Å²) in [6, 6.07) is 0. The van der Waals surface area contributed by atoms with Crippen molar-refractivity contribution in [1.29, 1.82) is 0 Å². The lowest BCUT2D eigenvalue weighted by atomic mass is 10.0. The Balaban J connectivity index is 2.40. The van der Waals surface area contributed by atoms with Crippen molar-refractivity contribution < 1.29 is 18.0 Å². The van der Waals surface area contributed by atoms with Crippen LogP contribution in [0.5, 0.6) is 0 Å². The van der Waals surface area contributed by atoms with Gasteiger partial charge in [0.15, 0.2) is 0 Å². The first-order chi connectivity index (χ1) is 7.71. The Morgan fingerprint density at radius 3 is 2.65 bits per heavy atom. The van der Waals surface area contributed by atoms with E-state index >= 15 is 0 Å². The van der Waals surface area contributed by atoms with Crippen LogP contribution in [0, 0.1) is 0 Å². The van der Waals surface area contributed by atoms with Crippen LogP contribution in [0.1, 0.15) is 13.8 Å². The third-order valence-corrected chi connectivity index (χ3v) is 2.79. The molecule has 0 aromatic rings. The highest BCUT2D eigenvalue weighted by molar-refractivity contribution is 5.78. The van der Waals surface area contributed by atoms with Crippen molar-refractivity contribution in [3.63, 3.8) is 0 Å². The summed E-state index contributed by atoms with van der Waals surface area (Å²) in [7, 11) is 0. The summed E-state index contributed by atoms with van der Waals surface area (Å²) in [6.07, 6.45) is -4.35. The van der Waals surface area contributed by atoms with Crippen molar-refractivity contribution >= 4 is 5.91 Å². The summed E-state index contributed by atoms with van der Waals surface area (Å²) in [4.78, 5) is 13.3. The van der Waals surface area contributed by atoms with E-state index in [9.17, 15) is 18.0 Å². The quantitative estimate of drug-likeness (QED) is 0.763. The first-order valence-electron chi connectivity index (χ1n) is 5.50. The number of halogens is 3. The van der Waals surface area contributed by atoms with Gasteiger partial charge < -0.3 is 10.6 Å². The zero-order valence-corrected chi connectivity index (χ0v) is 10.0. The van der Waals surface area contributed by atoms with Gasteiger partial charge in [-0.15, -0.1) is 0 Å². The topological polar surface area (TPSA) is 44.4 Å². The van der Waals surface area contributed by atoms with Gasteiger partial charge in [0, 0.05) is 25.2 Å². The molecule has 1 fully saturated rings. The van der Waals surface area contributed by atoms with Crippen molar-refractivity contribution in [2.45, 2.75) is 25.6 Å². The number of piperazine rings is 1. The maximum Gasteiger partial charge on any atom is 0.405 e. The second kappa shape index (κ2) is 5.22. The van der Waals surface area contributed by atoms with Gasteiger partial charge >= 0.3 is 6.18 Å². The lowest BCUT2D eigenvalue weighted by molar-refractivity contribution is -0.140. The summed E-state index contributed by atoms with van der Waals surface area (Å²) >= 11 is 0. The van der Waals surface area contributed by atoms with Gasteiger partial charge in [-0.1, -0.05) is 0 Å². The zero-order chi connectivity index (χ0) is 13.1. The van der Waals surface area contributed by atoms with Gasteiger partial charge in [-0.25, -0.2) is 0 Å². The highest BCUT2D eigenvalue weighted by Crippen LogP contribution is 2.16. The summed E-state index contributed by atoms with van der Waals surface area (Å²) in [5, 5.41) is 5.06. The van der Waals surface area contributed by atoms with E-state index in [0.717, 1.165) is 13.1 Å². The Labute approximate surface area is 98.5 Å². The highest BCUT2D eigenvalue weighted by atomic mass is 19.4. The molecule has 4 nitrogen and oxygen atoms in total. The molecule has 7 heteroatoms. The van der Waals surface area contributed by atoms with Crippen LogP contribution in [-0.2, 0) is 4.79 Å². The molecule has 17 heavy (non-hydrogen) atoms. The predicted octanol–water partition coefficient (Wildman–Crippen LogP) is 0.349. The second-order valence-corrected chi connectivity index (χ2v) is 4.80. The number of rotatable bonds is 3. The fraction of sp³-hybridized carbons (Fsp3) is 0.900. The van der Waals surface area contributed by atoms with Crippen LogP contribution in [0.15, 0.2) is 0 Å². The van der Waals surface area contributed by atoms with E-state index in [1.807, 2.05) is 24.1 Å². The van der Waals surface area contributed by atoms with Crippen LogP contribution >= 0.6 is 0 Å². The molecule has 0 saturated carbocycles. The monoisotopic (exact) mass is 253 g/mol. The first kappa shape index (κ1) is 14.2. The summed E-state index contributed by atoms with van der Waals surface area (Å²) < 4.78 is 35.7. The minimum atomic E-state index is -4.35. The molecule has 0 aromatic heterocycles. The molecular formula is C10H18F3N3O. The number of hydrogen-bond acceptors (Lipinski definition) is 3. The highest BCUT2D eigenvalue weighted by Gasteiger charge is 2.32. The largest absolute Gasteiger partial charge is 0.405 e. The SMILES string of the molecule is CC1(C)CNCCN1CC(=O)NCC(F)(F)F. The fourth-order valence-corrected chi connectivity index (χ4v) is 1.74. The van der Waals surface area contributed by atoms with E-state index in [-0.39, 0.29) is 12.1 Å². The van der Waals surface area contributed by atoms with E-state index in [0.29, 0.717) is 6.54 Å². The summed E-state index contributed by atoms with van der Waals surface area (Å²) in [5.74, 6) is -0.586. The maximum atomic E-state index is 11.9. The first-order valence-corrected chi connectivity index (χ1v) is 5.50.